The van der Waals surface area contributed by atoms with Gasteiger partial charge < -0.3 is 20.1 Å². The van der Waals surface area contributed by atoms with Gasteiger partial charge in [0.25, 0.3) is 0 Å². The molecular formula is C31H28ClN3O4S. The maximum absolute atomic E-state index is 13.1. The molecule has 0 bridgehead atoms. The van der Waals surface area contributed by atoms with Gasteiger partial charge in [0.15, 0.2) is 0 Å². The Bertz CT molecular complexity index is 1480. The Morgan fingerprint density at radius 1 is 1.02 bits per heavy atom. The monoisotopic (exact) mass is 573 g/mol. The first-order valence-electron chi connectivity index (χ1n) is 12.6. The summed E-state index contributed by atoms with van der Waals surface area (Å²) in [5.74, 6) is -0.00721. The van der Waals surface area contributed by atoms with E-state index in [0.717, 1.165) is 11.3 Å². The molecule has 3 aromatic carbocycles. The standard InChI is InChI=1S/C31H28ClN3O4S/c1-19(2)38-31(37)28-20(3)34-30(26(17-33)29(28)21-9-11-22(32)12-10-21)40-18-27(36)35-23-13-15-25(16-14-23)39-24-7-5-4-6-8-24/h4-16,19,29,34H,18H2,1-3H3,(H,35,36). The number of rotatable bonds is 9. The number of hydrogen-bond donors (Lipinski definition) is 2. The van der Waals surface area contributed by atoms with Crippen LogP contribution in [0.15, 0.2) is 101 Å². The van der Waals surface area contributed by atoms with Gasteiger partial charge >= 0.3 is 5.97 Å². The molecule has 4 rings (SSSR count). The lowest BCUT2D eigenvalue weighted by Crippen LogP contribution is -2.30. The first-order chi connectivity index (χ1) is 19.2. The zero-order valence-corrected chi connectivity index (χ0v) is 23.8. The molecule has 1 amide bonds. The highest BCUT2D eigenvalue weighted by molar-refractivity contribution is 8.03. The van der Waals surface area contributed by atoms with Crippen molar-refractivity contribution < 1.29 is 19.1 Å². The quantitative estimate of drug-likeness (QED) is 0.262. The second kappa shape index (κ2) is 13.2. The Balaban J connectivity index is 1.49. The number of ether oxygens (including phenoxy) is 2. The highest BCUT2D eigenvalue weighted by Crippen LogP contribution is 2.41. The first-order valence-corrected chi connectivity index (χ1v) is 14.0. The van der Waals surface area contributed by atoms with E-state index in [1.54, 1.807) is 69.3 Å². The Morgan fingerprint density at radius 2 is 1.68 bits per heavy atom. The van der Waals surface area contributed by atoms with Crippen LogP contribution in [0.2, 0.25) is 5.02 Å². The number of dihydropyridines is 1. The molecule has 204 valence electrons. The van der Waals surface area contributed by atoms with Crippen molar-refractivity contribution in [3.8, 4) is 17.6 Å². The Morgan fingerprint density at radius 3 is 2.30 bits per heavy atom. The lowest BCUT2D eigenvalue weighted by molar-refractivity contribution is -0.143. The molecule has 0 radical (unpaired) electrons. The van der Waals surface area contributed by atoms with Crippen molar-refractivity contribution >= 4 is 40.9 Å². The Kier molecular flexibility index (Phi) is 9.54. The van der Waals surface area contributed by atoms with Crippen LogP contribution in [0, 0.1) is 11.3 Å². The molecule has 0 fully saturated rings. The zero-order chi connectivity index (χ0) is 28.6. The third-order valence-corrected chi connectivity index (χ3v) is 7.15. The fourth-order valence-corrected chi connectivity index (χ4v) is 5.15. The van der Waals surface area contributed by atoms with Crippen molar-refractivity contribution in [2.24, 2.45) is 0 Å². The van der Waals surface area contributed by atoms with Gasteiger partial charge in [-0.25, -0.2) is 4.79 Å². The van der Waals surface area contributed by atoms with Crippen LogP contribution in [0.4, 0.5) is 5.69 Å². The van der Waals surface area contributed by atoms with E-state index in [0.29, 0.717) is 38.3 Å². The summed E-state index contributed by atoms with van der Waals surface area (Å²) in [6.45, 7) is 5.30. The molecule has 2 N–H and O–H groups in total. The Hall–Kier alpha value is -4.19. The number of esters is 1. The van der Waals surface area contributed by atoms with Crippen LogP contribution < -0.4 is 15.4 Å². The van der Waals surface area contributed by atoms with E-state index in [2.05, 4.69) is 16.7 Å². The average Bonchev–Trinajstić information content (AvgIpc) is 2.93. The van der Waals surface area contributed by atoms with Gasteiger partial charge in [-0.1, -0.05) is 53.7 Å². The van der Waals surface area contributed by atoms with Gasteiger partial charge in [-0.05, 0) is 74.9 Å². The maximum Gasteiger partial charge on any atom is 0.337 e. The van der Waals surface area contributed by atoms with Gasteiger partial charge in [0.05, 0.1) is 40.0 Å². The number of para-hydroxylation sites is 1. The molecule has 0 saturated carbocycles. The third-order valence-electron chi connectivity index (χ3n) is 5.88. The lowest BCUT2D eigenvalue weighted by Gasteiger charge is -2.29. The van der Waals surface area contributed by atoms with Crippen LogP contribution in [-0.4, -0.2) is 23.7 Å². The predicted octanol–water partition coefficient (Wildman–Crippen LogP) is 7.15. The molecule has 9 heteroatoms. The molecule has 0 saturated heterocycles. The minimum atomic E-state index is -0.669. The van der Waals surface area contributed by atoms with Crippen LogP contribution in [0.25, 0.3) is 0 Å². The maximum atomic E-state index is 13.1. The Labute approximate surface area is 242 Å². The molecule has 1 aliphatic rings. The average molecular weight is 574 g/mol. The fourth-order valence-electron chi connectivity index (χ4n) is 4.13. The SMILES string of the molecule is CC1=C(C(=O)OC(C)C)C(c2ccc(Cl)cc2)C(C#N)=C(SCC(=O)Nc2ccc(Oc3ccccc3)cc2)N1. The van der Waals surface area contributed by atoms with E-state index in [9.17, 15) is 14.9 Å². The number of allylic oxidation sites excluding steroid dienone is 2. The number of halogens is 1. The number of anilines is 1. The number of hydrogen-bond acceptors (Lipinski definition) is 7. The molecule has 1 heterocycles. The normalized spacial score (nSPS) is 14.8. The van der Waals surface area contributed by atoms with Crippen LogP contribution in [0.3, 0.4) is 0 Å². The van der Waals surface area contributed by atoms with Crippen LogP contribution in [0.5, 0.6) is 11.5 Å². The first kappa shape index (κ1) is 28.8. The molecule has 7 nitrogen and oxygen atoms in total. The summed E-state index contributed by atoms with van der Waals surface area (Å²) < 4.78 is 11.3. The second-order valence-corrected chi connectivity index (χ2v) is 10.7. The number of nitrogens with one attached hydrogen (secondary N) is 2. The summed E-state index contributed by atoms with van der Waals surface area (Å²) in [7, 11) is 0. The van der Waals surface area contributed by atoms with E-state index in [1.165, 1.54) is 11.8 Å². The van der Waals surface area contributed by atoms with Crippen molar-refractivity contribution in [1.29, 1.82) is 5.26 Å². The van der Waals surface area contributed by atoms with Crippen LogP contribution >= 0.6 is 23.4 Å². The highest BCUT2D eigenvalue weighted by Gasteiger charge is 2.36. The number of nitrogens with zero attached hydrogens (tertiary/aromatic N) is 1. The summed E-state index contributed by atoms with van der Waals surface area (Å²) in [6.07, 6.45) is -0.327. The topological polar surface area (TPSA) is 100 Å². The van der Waals surface area contributed by atoms with Gasteiger partial charge in [0, 0.05) is 16.4 Å². The van der Waals surface area contributed by atoms with Crippen molar-refractivity contribution in [2.75, 3.05) is 11.1 Å². The minimum Gasteiger partial charge on any atom is -0.460 e. The molecule has 1 aliphatic heterocycles. The van der Waals surface area contributed by atoms with E-state index >= 15 is 0 Å². The molecular weight excluding hydrogens is 546 g/mol. The predicted molar refractivity (Wildman–Crippen MR) is 158 cm³/mol. The fraction of sp³-hybridized carbons (Fsp3) is 0.194. The van der Waals surface area contributed by atoms with Crippen LogP contribution in [0.1, 0.15) is 32.3 Å². The second-order valence-electron chi connectivity index (χ2n) is 9.23. The van der Waals surface area contributed by atoms with Crippen molar-refractivity contribution in [3.05, 3.63) is 111 Å². The van der Waals surface area contributed by atoms with E-state index in [1.807, 2.05) is 30.3 Å². The van der Waals surface area contributed by atoms with E-state index in [4.69, 9.17) is 21.1 Å². The number of nitriles is 1. The molecule has 3 aromatic rings. The summed E-state index contributed by atoms with van der Waals surface area (Å²) in [5, 5.41) is 17.2. The molecule has 1 atom stereocenters. The smallest absolute Gasteiger partial charge is 0.337 e. The number of carbonyl (C=O) groups is 2. The number of carbonyl (C=O) groups excluding carboxylic acids is 2. The van der Waals surface area contributed by atoms with E-state index < -0.39 is 11.9 Å². The summed E-state index contributed by atoms with van der Waals surface area (Å²) >= 11 is 7.29. The molecule has 0 aliphatic carbocycles. The largest absolute Gasteiger partial charge is 0.460 e. The minimum absolute atomic E-state index is 0.0438. The highest BCUT2D eigenvalue weighted by atomic mass is 35.5. The van der Waals surface area contributed by atoms with Gasteiger partial charge in [-0.15, -0.1) is 0 Å². The van der Waals surface area contributed by atoms with Crippen LogP contribution in [-0.2, 0) is 14.3 Å². The molecule has 40 heavy (non-hydrogen) atoms. The number of amides is 1. The van der Waals surface area contributed by atoms with Gasteiger partial charge in [0.2, 0.25) is 5.91 Å². The molecule has 0 spiro atoms. The number of thioether (sulfide) groups is 1. The van der Waals surface area contributed by atoms with Gasteiger partial charge in [-0.2, -0.15) is 5.26 Å². The zero-order valence-electron chi connectivity index (χ0n) is 22.2. The van der Waals surface area contributed by atoms with Crippen molar-refractivity contribution in [3.63, 3.8) is 0 Å². The summed E-state index contributed by atoms with van der Waals surface area (Å²) in [5.41, 5.74) is 2.56. The third kappa shape index (κ3) is 7.26. The van der Waals surface area contributed by atoms with Gasteiger partial charge in [0.1, 0.15) is 11.5 Å². The molecule has 0 aromatic heterocycles. The van der Waals surface area contributed by atoms with Crippen molar-refractivity contribution in [2.45, 2.75) is 32.8 Å². The van der Waals surface area contributed by atoms with Gasteiger partial charge in [-0.3, -0.25) is 4.79 Å². The number of benzene rings is 3. The lowest BCUT2D eigenvalue weighted by atomic mass is 9.82. The summed E-state index contributed by atoms with van der Waals surface area (Å²) in [6, 6.07) is 25.7. The van der Waals surface area contributed by atoms with Crippen molar-refractivity contribution in [1.82, 2.24) is 5.32 Å². The molecule has 1 unspecified atom stereocenters. The van der Waals surface area contributed by atoms with E-state index in [-0.39, 0.29) is 17.8 Å². The summed E-state index contributed by atoms with van der Waals surface area (Å²) in [4.78, 5) is 25.9.